The van der Waals surface area contributed by atoms with Crippen LogP contribution in [0.3, 0.4) is 0 Å². The number of anilines is 1. The highest BCUT2D eigenvalue weighted by molar-refractivity contribution is 7.92. The molecule has 0 radical (unpaired) electrons. The summed E-state index contributed by atoms with van der Waals surface area (Å²) in [5.41, 5.74) is 1.87. The Labute approximate surface area is 224 Å². The van der Waals surface area contributed by atoms with Crippen LogP contribution in [0.2, 0.25) is 0 Å². The van der Waals surface area contributed by atoms with Crippen molar-refractivity contribution in [1.29, 1.82) is 0 Å². The van der Waals surface area contributed by atoms with Crippen LogP contribution in [0.5, 0.6) is 17.2 Å². The van der Waals surface area contributed by atoms with Crippen LogP contribution in [0.15, 0.2) is 71.6 Å². The van der Waals surface area contributed by atoms with Crippen molar-refractivity contribution in [2.24, 2.45) is 0 Å². The van der Waals surface area contributed by atoms with Crippen LogP contribution >= 0.6 is 0 Å². The molecular formula is C29H34N2O6S. The fourth-order valence-electron chi connectivity index (χ4n) is 4.36. The largest absolute Gasteiger partial charge is 0.497 e. The molecule has 0 bridgehead atoms. The van der Waals surface area contributed by atoms with Gasteiger partial charge in [0.2, 0.25) is 0 Å². The highest BCUT2D eigenvalue weighted by Gasteiger charge is 2.38. The number of hydrogen-bond acceptors (Lipinski definition) is 6. The zero-order chi connectivity index (χ0) is 27.7. The number of ether oxygens (including phenoxy) is 3. The molecule has 4 rings (SSSR count). The van der Waals surface area contributed by atoms with E-state index in [1.165, 1.54) is 4.31 Å². The van der Waals surface area contributed by atoms with E-state index in [0.29, 0.717) is 22.9 Å². The van der Waals surface area contributed by atoms with Crippen molar-refractivity contribution in [3.05, 3.63) is 77.9 Å². The third kappa shape index (κ3) is 5.43. The number of amides is 1. The van der Waals surface area contributed by atoms with E-state index in [1.807, 2.05) is 19.1 Å². The summed E-state index contributed by atoms with van der Waals surface area (Å²) >= 11 is 0. The van der Waals surface area contributed by atoms with E-state index >= 15 is 0 Å². The van der Waals surface area contributed by atoms with Crippen molar-refractivity contribution < 1.29 is 27.4 Å². The summed E-state index contributed by atoms with van der Waals surface area (Å²) in [4.78, 5) is 13.6. The Hall–Kier alpha value is -3.72. The number of nitrogens with zero attached hydrogens (tertiary/aromatic N) is 1. The number of rotatable bonds is 7. The number of carbonyl (C=O) groups is 1. The van der Waals surface area contributed by atoms with Gasteiger partial charge in [0.05, 0.1) is 37.4 Å². The van der Waals surface area contributed by atoms with Crippen LogP contribution in [0.4, 0.5) is 5.69 Å². The van der Waals surface area contributed by atoms with Crippen molar-refractivity contribution in [2.75, 3.05) is 25.1 Å². The van der Waals surface area contributed by atoms with E-state index in [1.54, 1.807) is 68.8 Å². The minimum absolute atomic E-state index is 0.141. The number of methoxy groups -OCH3 is 2. The number of fused-ring (bicyclic) bond motifs is 1. The van der Waals surface area contributed by atoms with Gasteiger partial charge in [-0.2, -0.15) is 0 Å². The molecule has 0 spiro atoms. The lowest BCUT2D eigenvalue weighted by Gasteiger charge is -2.36. The van der Waals surface area contributed by atoms with Gasteiger partial charge in [0.25, 0.3) is 15.9 Å². The van der Waals surface area contributed by atoms with E-state index in [9.17, 15) is 13.2 Å². The minimum atomic E-state index is -3.97. The normalized spacial score (nSPS) is 16.2. The summed E-state index contributed by atoms with van der Waals surface area (Å²) in [5, 5.41) is 2.95. The molecule has 3 aromatic carbocycles. The molecule has 1 aliphatic rings. The number of benzene rings is 3. The molecule has 202 valence electrons. The second-order valence-corrected chi connectivity index (χ2v) is 12.1. The molecule has 2 atom stereocenters. The van der Waals surface area contributed by atoms with Crippen LogP contribution in [0, 0.1) is 0 Å². The van der Waals surface area contributed by atoms with E-state index < -0.39 is 28.1 Å². The molecule has 8 nitrogen and oxygen atoms in total. The van der Waals surface area contributed by atoms with Gasteiger partial charge in [-0.1, -0.05) is 45.0 Å². The first-order valence-corrected chi connectivity index (χ1v) is 13.8. The first kappa shape index (κ1) is 27.3. The third-order valence-electron chi connectivity index (χ3n) is 6.58. The van der Waals surface area contributed by atoms with Crippen molar-refractivity contribution in [3.8, 4) is 17.2 Å². The SMILES string of the molecule is COc1ccc(OC)c([C@H](C)NC(=O)[C@@H]2CN(S(=O)(=O)c3ccccc3)c3cc(C(C)(C)C)ccc3O2)c1. The Morgan fingerprint density at radius 2 is 1.74 bits per heavy atom. The fraction of sp³-hybridized carbons (Fsp3) is 0.345. The van der Waals surface area contributed by atoms with Gasteiger partial charge in [0.1, 0.15) is 17.2 Å². The monoisotopic (exact) mass is 538 g/mol. The van der Waals surface area contributed by atoms with Gasteiger partial charge in [-0.05, 0) is 60.4 Å². The van der Waals surface area contributed by atoms with E-state index in [-0.39, 0.29) is 16.9 Å². The Kier molecular flexibility index (Phi) is 7.60. The molecule has 9 heteroatoms. The topological polar surface area (TPSA) is 94.2 Å². The maximum Gasteiger partial charge on any atom is 0.264 e. The van der Waals surface area contributed by atoms with E-state index in [0.717, 1.165) is 11.1 Å². The Morgan fingerprint density at radius 1 is 1.03 bits per heavy atom. The molecule has 3 aromatic rings. The molecule has 0 unspecified atom stereocenters. The zero-order valence-electron chi connectivity index (χ0n) is 22.5. The van der Waals surface area contributed by atoms with Gasteiger partial charge in [-0.3, -0.25) is 9.10 Å². The maximum absolute atomic E-state index is 13.8. The van der Waals surface area contributed by atoms with Gasteiger partial charge in [0, 0.05) is 5.56 Å². The molecule has 1 heterocycles. The van der Waals surface area contributed by atoms with Crippen LogP contribution in [-0.2, 0) is 20.2 Å². The highest BCUT2D eigenvalue weighted by Crippen LogP contribution is 2.40. The minimum Gasteiger partial charge on any atom is -0.497 e. The molecule has 1 amide bonds. The summed E-state index contributed by atoms with van der Waals surface area (Å²) in [6.07, 6.45) is -1.07. The quantitative estimate of drug-likeness (QED) is 0.463. The predicted octanol–water partition coefficient (Wildman–Crippen LogP) is 4.84. The van der Waals surface area contributed by atoms with Crippen molar-refractivity contribution in [1.82, 2.24) is 5.32 Å². The van der Waals surface area contributed by atoms with Crippen LogP contribution in [0.1, 0.15) is 44.9 Å². The summed E-state index contributed by atoms with van der Waals surface area (Å²) < 4.78 is 45.7. The molecular weight excluding hydrogens is 504 g/mol. The number of hydrogen-bond donors (Lipinski definition) is 1. The van der Waals surface area contributed by atoms with Crippen molar-refractivity contribution in [3.63, 3.8) is 0 Å². The number of carbonyl (C=O) groups excluding carboxylic acids is 1. The standard InChI is InChI=1S/C29H34N2O6S/c1-19(23-17-21(35-5)13-15-25(23)36-6)30-28(32)27-18-31(38(33,34)22-10-8-7-9-11-22)24-16-20(29(2,3)4)12-14-26(24)37-27/h7-17,19,27H,18H2,1-6H3,(H,30,32)/t19-,27-/m0/s1. The molecule has 38 heavy (non-hydrogen) atoms. The first-order chi connectivity index (χ1) is 18.0. The van der Waals surface area contributed by atoms with E-state index in [2.05, 4.69) is 26.1 Å². The third-order valence-corrected chi connectivity index (χ3v) is 8.37. The summed E-state index contributed by atoms with van der Waals surface area (Å²) in [6, 6.07) is 18.5. The zero-order valence-corrected chi connectivity index (χ0v) is 23.3. The molecule has 0 aliphatic carbocycles. The molecule has 0 aromatic heterocycles. The predicted molar refractivity (Wildman–Crippen MR) is 147 cm³/mol. The number of nitrogens with one attached hydrogen (secondary N) is 1. The van der Waals surface area contributed by atoms with Crippen molar-refractivity contribution >= 4 is 21.6 Å². The van der Waals surface area contributed by atoms with Gasteiger partial charge in [-0.25, -0.2) is 8.42 Å². The van der Waals surface area contributed by atoms with Gasteiger partial charge >= 0.3 is 0 Å². The average molecular weight is 539 g/mol. The van der Waals surface area contributed by atoms with Gasteiger partial charge < -0.3 is 19.5 Å². The van der Waals surface area contributed by atoms with E-state index in [4.69, 9.17) is 14.2 Å². The lowest BCUT2D eigenvalue weighted by Crippen LogP contribution is -2.51. The lowest BCUT2D eigenvalue weighted by molar-refractivity contribution is -0.128. The molecule has 0 saturated heterocycles. The molecule has 1 aliphatic heterocycles. The average Bonchev–Trinajstić information content (AvgIpc) is 2.91. The highest BCUT2D eigenvalue weighted by atomic mass is 32.2. The summed E-state index contributed by atoms with van der Waals surface area (Å²) in [5.74, 6) is 1.10. The lowest BCUT2D eigenvalue weighted by atomic mass is 9.86. The van der Waals surface area contributed by atoms with Crippen LogP contribution < -0.4 is 23.8 Å². The molecule has 1 N–H and O–H groups in total. The summed E-state index contributed by atoms with van der Waals surface area (Å²) in [6.45, 7) is 7.81. The van der Waals surface area contributed by atoms with Crippen LogP contribution in [-0.4, -0.2) is 41.2 Å². The Morgan fingerprint density at radius 3 is 2.37 bits per heavy atom. The van der Waals surface area contributed by atoms with Gasteiger partial charge in [-0.15, -0.1) is 0 Å². The second kappa shape index (κ2) is 10.6. The summed E-state index contributed by atoms with van der Waals surface area (Å²) in [7, 11) is -0.848. The fourth-order valence-corrected chi connectivity index (χ4v) is 5.85. The van der Waals surface area contributed by atoms with Crippen LogP contribution in [0.25, 0.3) is 0 Å². The smallest absolute Gasteiger partial charge is 0.264 e. The Bertz CT molecular complexity index is 1420. The first-order valence-electron chi connectivity index (χ1n) is 12.4. The Balaban J connectivity index is 1.69. The second-order valence-electron chi connectivity index (χ2n) is 10.2. The maximum atomic E-state index is 13.8. The van der Waals surface area contributed by atoms with Crippen molar-refractivity contribution in [2.45, 2.75) is 50.2 Å². The number of sulfonamides is 1. The van der Waals surface area contributed by atoms with Gasteiger partial charge in [0.15, 0.2) is 6.10 Å². The molecule has 0 fully saturated rings. The molecule has 0 saturated carbocycles.